The highest BCUT2D eigenvalue weighted by atomic mass is 79.9. The highest BCUT2D eigenvalue weighted by Gasteiger charge is 2.05. The normalized spacial score (nSPS) is 11.5. The molecule has 72 valence electrons. The molecule has 0 saturated carbocycles. The van der Waals surface area contributed by atoms with Gasteiger partial charge in [-0.1, -0.05) is 0 Å². The first-order valence-electron chi connectivity index (χ1n) is 3.24. The van der Waals surface area contributed by atoms with E-state index in [2.05, 4.69) is 30.2 Å². The predicted octanol–water partition coefficient (Wildman–Crippen LogP) is 0.564. The lowest BCUT2D eigenvalue weighted by Gasteiger charge is -2.02. The lowest BCUT2D eigenvalue weighted by molar-refractivity contribution is 0.308. The molecule has 0 aliphatic carbocycles. The fourth-order valence-corrected chi connectivity index (χ4v) is 1.32. The highest BCUT2D eigenvalue weighted by Crippen LogP contribution is 2.15. The number of aromatic nitrogens is 1. The van der Waals surface area contributed by atoms with Gasteiger partial charge in [-0.25, -0.2) is 5.14 Å². The lowest BCUT2D eigenvalue weighted by Crippen LogP contribution is -2.15. The van der Waals surface area contributed by atoms with E-state index in [1.54, 1.807) is 12.3 Å². The van der Waals surface area contributed by atoms with Gasteiger partial charge in [-0.3, -0.25) is 9.17 Å². The van der Waals surface area contributed by atoms with Crippen LogP contribution >= 0.6 is 15.9 Å². The van der Waals surface area contributed by atoms with Gasteiger partial charge in [0, 0.05) is 16.9 Å². The van der Waals surface area contributed by atoms with Crippen molar-refractivity contribution in [3.63, 3.8) is 0 Å². The lowest BCUT2D eigenvalue weighted by atomic mass is 10.3. The Kier molecular flexibility index (Phi) is 3.37. The minimum atomic E-state index is -3.88. The third kappa shape index (κ3) is 3.81. The molecule has 7 heteroatoms. The number of pyridine rings is 1. The highest BCUT2D eigenvalue weighted by molar-refractivity contribution is 9.10. The van der Waals surface area contributed by atoms with E-state index in [-0.39, 0.29) is 6.61 Å². The second-order valence-electron chi connectivity index (χ2n) is 2.22. The van der Waals surface area contributed by atoms with E-state index in [1.807, 2.05) is 0 Å². The monoisotopic (exact) mass is 266 g/mol. The van der Waals surface area contributed by atoms with Gasteiger partial charge in [-0.05, 0) is 27.6 Å². The number of nitrogens with zero attached hydrogens (tertiary/aromatic N) is 1. The van der Waals surface area contributed by atoms with Crippen LogP contribution in [0.4, 0.5) is 0 Å². The molecule has 13 heavy (non-hydrogen) atoms. The van der Waals surface area contributed by atoms with Gasteiger partial charge in [0.15, 0.2) is 0 Å². The topological polar surface area (TPSA) is 82.3 Å². The van der Waals surface area contributed by atoms with Crippen molar-refractivity contribution in [2.45, 2.75) is 6.61 Å². The van der Waals surface area contributed by atoms with Crippen molar-refractivity contribution in [1.82, 2.24) is 4.98 Å². The van der Waals surface area contributed by atoms with Crippen LogP contribution in [0.1, 0.15) is 5.56 Å². The molecule has 0 fully saturated rings. The fourth-order valence-electron chi connectivity index (χ4n) is 0.667. The first-order valence-corrected chi connectivity index (χ1v) is 5.51. The van der Waals surface area contributed by atoms with E-state index in [4.69, 9.17) is 0 Å². The largest absolute Gasteiger partial charge is 0.333 e. The number of hydrogen-bond acceptors (Lipinski definition) is 4. The first kappa shape index (κ1) is 10.6. The summed E-state index contributed by atoms with van der Waals surface area (Å²) in [5, 5.41) is 4.65. The number of rotatable bonds is 3. The summed E-state index contributed by atoms with van der Waals surface area (Å²) in [6.45, 7) is -0.0953. The molecule has 0 aliphatic rings. The van der Waals surface area contributed by atoms with E-state index in [9.17, 15) is 8.42 Å². The maximum atomic E-state index is 10.4. The van der Waals surface area contributed by atoms with Gasteiger partial charge in [-0.2, -0.15) is 8.42 Å². The fraction of sp³-hybridized carbons (Fsp3) is 0.167. The minimum absolute atomic E-state index is 0.0953. The van der Waals surface area contributed by atoms with E-state index in [0.717, 1.165) is 0 Å². The van der Waals surface area contributed by atoms with Gasteiger partial charge in [0.05, 0.1) is 6.61 Å². The molecule has 0 saturated heterocycles. The van der Waals surface area contributed by atoms with E-state index in [0.29, 0.717) is 10.0 Å². The third-order valence-electron chi connectivity index (χ3n) is 1.24. The summed E-state index contributed by atoms with van der Waals surface area (Å²) in [6.07, 6.45) is 3.08. The third-order valence-corrected chi connectivity index (χ3v) is 2.40. The van der Waals surface area contributed by atoms with Crippen LogP contribution in [0.5, 0.6) is 0 Å². The minimum Gasteiger partial charge on any atom is -0.264 e. The molecule has 2 N–H and O–H groups in total. The molecule has 1 aromatic rings. The Bertz CT molecular complexity index is 393. The number of nitrogens with two attached hydrogens (primary N) is 1. The Morgan fingerprint density at radius 3 is 2.85 bits per heavy atom. The van der Waals surface area contributed by atoms with Crippen LogP contribution in [-0.2, 0) is 21.1 Å². The van der Waals surface area contributed by atoms with E-state index in [1.165, 1.54) is 6.20 Å². The quantitative estimate of drug-likeness (QED) is 0.867. The zero-order valence-electron chi connectivity index (χ0n) is 6.47. The van der Waals surface area contributed by atoms with Crippen LogP contribution in [0.15, 0.2) is 22.9 Å². The average Bonchev–Trinajstić information content (AvgIpc) is 2.01. The van der Waals surface area contributed by atoms with Crippen molar-refractivity contribution in [3.05, 3.63) is 28.5 Å². The van der Waals surface area contributed by atoms with Crippen LogP contribution in [0.2, 0.25) is 0 Å². The van der Waals surface area contributed by atoms with Gasteiger partial charge < -0.3 is 0 Å². The average molecular weight is 267 g/mol. The summed E-state index contributed by atoms with van der Waals surface area (Å²) in [7, 11) is -3.88. The summed E-state index contributed by atoms with van der Waals surface area (Å²) in [6, 6.07) is 1.63. The maximum Gasteiger partial charge on any atom is 0.333 e. The van der Waals surface area contributed by atoms with Crippen LogP contribution in [0, 0.1) is 0 Å². The number of halogens is 1. The Labute approximate surface area is 84.3 Å². The molecule has 0 aliphatic heterocycles. The van der Waals surface area contributed by atoms with E-state index < -0.39 is 10.3 Å². The van der Waals surface area contributed by atoms with Crippen molar-refractivity contribution in [2.75, 3.05) is 0 Å². The van der Waals surface area contributed by atoms with Crippen LogP contribution in [0.25, 0.3) is 0 Å². The Morgan fingerprint density at radius 1 is 1.62 bits per heavy atom. The Morgan fingerprint density at radius 2 is 2.31 bits per heavy atom. The molecule has 0 unspecified atom stereocenters. The molecule has 0 spiro atoms. The smallest absolute Gasteiger partial charge is 0.264 e. The van der Waals surface area contributed by atoms with Crippen molar-refractivity contribution in [3.8, 4) is 0 Å². The van der Waals surface area contributed by atoms with Crippen LogP contribution in [-0.4, -0.2) is 13.4 Å². The molecule has 0 amide bonds. The van der Waals surface area contributed by atoms with Crippen molar-refractivity contribution in [1.29, 1.82) is 0 Å². The van der Waals surface area contributed by atoms with Crippen molar-refractivity contribution >= 4 is 26.2 Å². The second kappa shape index (κ2) is 4.14. The molecule has 0 atom stereocenters. The summed E-state index contributed by atoms with van der Waals surface area (Å²) in [5.74, 6) is 0. The Hall–Kier alpha value is -0.500. The predicted molar refractivity (Wildman–Crippen MR) is 49.8 cm³/mol. The summed E-state index contributed by atoms with van der Waals surface area (Å²) in [4.78, 5) is 3.81. The molecule has 1 rings (SSSR count). The number of hydrogen-bond donors (Lipinski definition) is 1. The SMILES string of the molecule is NS(=O)(=O)OCc1ccncc1Br. The van der Waals surface area contributed by atoms with Gasteiger partial charge in [0.25, 0.3) is 0 Å². The van der Waals surface area contributed by atoms with Crippen LogP contribution < -0.4 is 5.14 Å². The Balaban J connectivity index is 2.71. The van der Waals surface area contributed by atoms with Gasteiger partial charge in [0.2, 0.25) is 0 Å². The summed E-state index contributed by atoms with van der Waals surface area (Å²) >= 11 is 3.19. The molecule has 1 aromatic heterocycles. The van der Waals surface area contributed by atoms with Gasteiger partial charge in [0.1, 0.15) is 0 Å². The second-order valence-corrected chi connectivity index (χ2v) is 4.30. The molecular weight excluding hydrogens is 260 g/mol. The van der Waals surface area contributed by atoms with E-state index >= 15 is 0 Å². The standard InChI is InChI=1S/C6H7BrN2O3S/c7-6-3-9-2-1-5(6)4-12-13(8,10)11/h1-3H,4H2,(H2,8,10,11). The first-order chi connectivity index (χ1) is 5.99. The molecule has 0 aromatic carbocycles. The summed E-state index contributed by atoms with van der Waals surface area (Å²) in [5.41, 5.74) is 0.670. The van der Waals surface area contributed by atoms with Crippen LogP contribution in [0.3, 0.4) is 0 Å². The maximum absolute atomic E-state index is 10.4. The van der Waals surface area contributed by atoms with Gasteiger partial charge in [-0.15, -0.1) is 0 Å². The van der Waals surface area contributed by atoms with Gasteiger partial charge >= 0.3 is 10.3 Å². The zero-order chi connectivity index (χ0) is 9.90. The molecular formula is C6H7BrN2O3S. The van der Waals surface area contributed by atoms with Crippen molar-refractivity contribution in [2.24, 2.45) is 5.14 Å². The molecule has 0 radical (unpaired) electrons. The zero-order valence-corrected chi connectivity index (χ0v) is 8.88. The summed E-state index contributed by atoms with van der Waals surface area (Å²) < 4.78 is 25.9. The molecule has 1 heterocycles. The molecule has 5 nitrogen and oxygen atoms in total. The van der Waals surface area contributed by atoms with Crippen molar-refractivity contribution < 1.29 is 12.6 Å². The molecule has 0 bridgehead atoms.